The summed E-state index contributed by atoms with van der Waals surface area (Å²) in [5.74, 6) is 0.255. The van der Waals surface area contributed by atoms with Gasteiger partial charge in [0.1, 0.15) is 28.6 Å². The highest BCUT2D eigenvalue weighted by atomic mass is 32.2. The number of hydrogen-bond donors (Lipinski definition) is 3. The molecule has 5 aromatic rings. The van der Waals surface area contributed by atoms with Crippen LogP contribution in [0.3, 0.4) is 0 Å². The number of piperazine rings is 1. The molecule has 4 N–H and O–H groups in total. The number of nitrogens with zero attached hydrogens (tertiary/aromatic N) is 5. The quantitative estimate of drug-likeness (QED) is 0.0516. The number of methoxy groups -OCH3 is 1. The van der Waals surface area contributed by atoms with Crippen LogP contribution >= 0.6 is 11.9 Å². The third-order valence-electron chi connectivity index (χ3n) is 11.7. The molecule has 304 valence electrons. The molecule has 1 aliphatic carbocycles. The van der Waals surface area contributed by atoms with Crippen LogP contribution in [0, 0.1) is 15.5 Å². The van der Waals surface area contributed by atoms with Crippen molar-refractivity contribution in [1.82, 2.24) is 24.5 Å². The van der Waals surface area contributed by atoms with Crippen LogP contribution in [-0.4, -0.2) is 83.0 Å². The molecular formula is C41H43F3N8O5S. The zero-order valence-electron chi connectivity index (χ0n) is 31.8. The van der Waals surface area contributed by atoms with Crippen LogP contribution in [0.1, 0.15) is 47.2 Å². The van der Waals surface area contributed by atoms with Gasteiger partial charge in [0, 0.05) is 86.2 Å². The van der Waals surface area contributed by atoms with Crippen molar-refractivity contribution in [2.45, 2.75) is 49.3 Å². The van der Waals surface area contributed by atoms with Gasteiger partial charge in [0.2, 0.25) is 0 Å². The van der Waals surface area contributed by atoms with Gasteiger partial charge in [0.25, 0.3) is 11.6 Å². The van der Waals surface area contributed by atoms with Gasteiger partial charge in [0.15, 0.2) is 0 Å². The predicted molar refractivity (Wildman–Crippen MR) is 215 cm³/mol. The minimum Gasteiger partial charge on any atom is -0.496 e. The molecule has 2 saturated heterocycles. The van der Waals surface area contributed by atoms with Crippen LogP contribution in [0.5, 0.6) is 17.2 Å². The number of nitro benzene ring substituents is 1. The van der Waals surface area contributed by atoms with E-state index in [9.17, 15) is 28.1 Å². The van der Waals surface area contributed by atoms with E-state index in [4.69, 9.17) is 15.2 Å². The molecule has 13 nitrogen and oxygen atoms in total. The first kappa shape index (κ1) is 39.3. The highest BCUT2D eigenvalue weighted by Gasteiger charge is 2.48. The Balaban J connectivity index is 0.879. The van der Waals surface area contributed by atoms with Gasteiger partial charge in [-0.1, -0.05) is 6.07 Å². The summed E-state index contributed by atoms with van der Waals surface area (Å²) in [6, 6.07) is 18.3. The van der Waals surface area contributed by atoms with Crippen molar-refractivity contribution >= 4 is 46.0 Å². The number of nitrogens with two attached hydrogens (primary N) is 1. The van der Waals surface area contributed by atoms with Gasteiger partial charge in [-0.2, -0.15) is 13.2 Å². The van der Waals surface area contributed by atoms with Crippen LogP contribution in [0.4, 0.5) is 30.2 Å². The first-order valence-corrected chi connectivity index (χ1v) is 19.9. The molecule has 8 rings (SSSR count). The molecule has 3 aromatic carbocycles. The van der Waals surface area contributed by atoms with Crippen molar-refractivity contribution in [3.8, 4) is 17.2 Å². The number of aromatic nitrogens is 2. The Hall–Kier alpha value is -5.52. The van der Waals surface area contributed by atoms with Crippen LogP contribution in [-0.2, 0) is 12.7 Å². The molecule has 2 aromatic heterocycles. The number of piperidine rings is 1. The number of H-pyrrole nitrogens is 1. The summed E-state index contributed by atoms with van der Waals surface area (Å²) < 4.78 is 54.1. The van der Waals surface area contributed by atoms with Crippen molar-refractivity contribution in [3.63, 3.8) is 0 Å². The standard InChI is InChI=1S/C41H43F3N8O5S/c1-56-37-18-26(2-6-33(37)41(42,43)44)25-49-14-16-51(17-15-49)29-22-40(23-29)9-12-50(13-10-40)28-3-5-32(36(20-28)57-30-19-27-8-11-46-38(27)47-24-30)39(53)48-58-31-4-7-34(45)35(21-31)52(54)55/h2-8,11,18-21,24,29H,9-10,12-17,22-23,25,45H2,1H3,(H,46,47)(H,48,53). The first-order valence-electron chi connectivity index (χ1n) is 19.1. The van der Waals surface area contributed by atoms with Crippen molar-refractivity contribution in [1.29, 1.82) is 0 Å². The van der Waals surface area contributed by atoms with Crippen molar-refractivity contribution in [3.05, 3.63) is 106 Å². The van der Waals surface area contributed by atoms with E-state index in [1.807, 2.05) is 24.3 Å². The number of rotatable bonds is 11. The third kappa shape index (κ3) is 8.37. The number of ether oxygens (including phenoxy) is 2. The number of amides is 1. The normalized spacial score (nSPS) is 17.6. The van der Waals surface area contributed by atoms with Gasteiger partial charge in [-0.05, 0) is 97.1 Å². The number of nitrogen functional groups attached to an aromatic ring is 1. The molecule has 3 aliphatic rings. The Morgan fingerprint density at radius 1 is 1.02 bits per heavy atom. The lowest BCUT2D eigenvalue weighted by Crippen LogP contribution is -2.59. The summed E-state index contributed by atoms with van der Waals surface area (Å²) in [5.41, 5.74) is 7.84. The zero-order chi connectivity index (χ0) is 40.6. The average molecular weight is 817 g/mol. The van der Waals surface area contributed by atoms with Gasteiger partial charge in [-0.3, -0.25) is 29.4 Å². The van der Waals surface area contributed by atoms with E-state index >= 15 is 0 Å². The average Bonchev–Trinajstić information content (AvgIpc) is 3.67. The summed E-state index contributed by atoms with van der Waals surface area (Å²) in [4.78, 5) is 39.6. The van der Waals surface area contributed by atoms with Gasteiger partial charge >= 0.3 is 6.18 Å². The second kappa shape index (κ2) is 16.0. The first-order chi connectivity index (χ1) is 27.9. The molecule has 2 aliphatic heterocycles. The number of nitro groups is 1. The van der Waals surface area contributed by atoms with Crippen LogP contribution in [0.15, 0.2) is 84.0 Å². The van der Waals surface area contributed by atoms with Crippen LogP contribution < -0.4 is 24.8 Å². The number of fused-ring (bicyclic) bond motifs is 1. The molecule has 0 atom stereocenters. The number of alkyl halides is 3. The Labute approximate surface area is 337 Å². The minimum atomic E-state index is -4.45. The molecule has 17 heteroatoms. The predicted octanol–water partition coefficient (Wildman–Crippen LogP) is 7.88. The molecule has 3 fully saturated rings. The van der Waals surface area contributed by atoms with Crippen LogP contribution in [0.25, 0.3) is 11.0 Å². The number of nitrogens with one attached hydrogen (secondary N) is 2. The second-order valence-corrected chi connectivity index (χ2v) is 16.2. The fourth-order valence-corrected chi connectivity index (χ4v) is 9.07. The van der Waals surface area contributed by atoms with E-state index in [0.717, 1.165) is 99.6 Å². The molecule has 1 saturated carbocycles. The highest BCUT2D eigenvalue weighted by Crippen LogP contribution is 2.52. The van der Waals surface area contributed by atoms with E-state index in [1.54, 1.807) is 30.6 Å². The van der Waals surface area contributed by atoms with Gasteiger partial charge in [0.05, 0.1) is 29.4 Å². The summed E-state index contributed by atoms with van der Waals surface area (Å²) in [6.07, 6.45) is 3.34. The molecule has 0 unspecified atom stereocenters. The van der Waals surface area contributed by atoms with Gasteiger partial charge < -0.3 is 25.1 Å². The number of anilines is 2. The number of carbonyl (C=O) groups excluding carboxylic acids is 1. The lowest BCUT2D eigenvalue weighted by atomic mass is 9.60. The number of benzene rings is 3. The Morgan fingerprint density at radius 2 is 1.79 bits per heavy atom. The lowest BCUT2D eigenvalue weighted by Gasteiger charge is -2.56. The van der Waals surface area contributed by atoms with E-state index in [1.165, 1.54) is 25.3 Å². The minimum absolute atomic E-state index is 0.0380. The summed E-state index contributed by atoms with van der Waals surface area (Å²) >= 11 is 0.952. The SMILES string of the molecule is COc1cc(CN2CCN(C3CC4(CCN(c5ccc(C(=O)NSc6ccc(N)c([N+](=O)[O-])c6)c(Oc6cnc7[nH]ccc7c6)c5)CC4)C3)CC2)ccc1C(F)(F)F. The van der Waals surface area contributed by atoms with E-state index in [2.05, 4.69) is 29.4 Å². The monoisotopic (exact) mass is 816 g/mol. The van der Waals surface area contributed by atoms with Gasteiger partial charge in [-0.15, -0.1) is 0 Å². The maximum atomic E-state index is 13.6. The van der Waals surface area contributed by atoms with E-state index in [-0.39, 0.29) is 17.1 Å². The topological polar surface area (TPSA) is 155 Å². The largest absolute Gasteiger partial charge is 0.496 e. The molecule has 0 bridgehead atoms. The molecule has 4 heterocycles. The Bertz CT molecular complexity index is 2320. The van der Waals surface area contributed by atoms with Crippen LogP contribution in [0.2, 0.25) is 0 Å². The number of aromatic amines is 1. The number of hydrogen-bond acceptors (Lipinski definition) is 11. The summed E-state index contributed by atoms with van der Waals surface area (Å²) in [5, 5.41) is 12.2. The molecule has 0 radical (unpaired) electrons. The number of carbonyl (C=O) groups is 1. The van der Waals surface area contributed by atoms with E-state index < -0.39 is 22.6 Å². The second-order valence-electron chi connectivity index (χ2n) is 15.3. The Kier molecular flexibility index (Phi) is 10.9. The molecule has 1 amide bonds. The third-order valence-corrected chi connectivity index (χ3v) is 12.5. The fraction of sp³-hybridized carbons (Fsp3) is 0.366. The van der Waals surface area contributed by atoms with Crippen molar-refractivity contribution in [2.24, 2.45) is 5.41 Å². The maximum Gasteiger partial charge on any atom is 0.419 e. The molecule has 58 heavy (non-hydrogen) atoms. The Morgan fingerprint density at radius 3 is 2.52 bits per heavy atom. The molecular weight excluding hydrogens is 774 g/mol. The fourth-order valence-electron chi connectivity index (χ4n) is 8.45. The summed E-state index contributed by atoms with van der Waals surface area (Å²) in [7, 11) is 1.27. The molecule has 1 spiro atoms. The lowest BCUT2D eigenvalue weighted by molar-refractivity contribution is -0.384. The summed E-state index contributed by atoms with van der Waals surface area (Å²) in [6.45, 7) is 5.89. The number of halogens is 3. The zero-order valence-corrected chi connectivity index (χ0v) is 32.6. The van der Waals surface area contributed by atoms with Gasteiger partial charge in [-0.25, -0.2) is 4.98 Å². The highest BCUT2D eigenvalue weighted by molar-refractivity contribution is 7.98. The smallest absolute Gasteiger partial charge is 0.419 e. The maximum absolute atomic E-state index is 13.6. The number of pyridine rings is 1. The van der Waals surface area contributed by atoms with Crippen molar-refractivity contribution < 1.29 is 32.4 Å². The van der Waals surface area contributed by atoms with E-state index in [0.29, 0.717) is 45.6 Å². The van der Waals surface area contributed by atoms with Crippen molar-refractivity contribution in [2.75, 3.05) is 57.0 Å².